The Hall–Kier alpha value is -2.65. The van der Waals surface area contributed by atoms with Crippen LogP contribution in [0.5, 0.6) is 0 Å². The predicted octanol–water partition coefficient (Wildman–Crippen LogP) is 1.87. The summed E-state index contributed by atoms with van der Waals surface area (Å²) in [6, 6.07) is 3.81. The maximum absolute atomic E-state index is 13.0. The normalized spacial score (nSPS) is 18.7. The summed E-state index contributed by atoms with van der Waals surface area (Å²) in [6.07, 6.45) is -5.45. The van der Waals surface area contributed by atoms with Crippen LogP contribution in [0.4, 0.5) is 17.6 Å². The lowest BCUT2D eigenvalue weighted by Gasteiger charge is -2.21. The van der Waals surface area contributed by atoms with Gasteiger partial charge in [0.25, 0.3) is 0 Å². The molecule has 0 radical (unpaired) electrons. The monoisotopic (exact) mass is 376 g/mol. The predicted molar refractivity (Wildman–Crippen MR) is 80.3 cm³/mol. The number of hydrogen-bond acceptors (Lipinski definition) is 3. The Kier molecular flexibility index (Phi) is 5.83. The van der Waals surface area contributed by atoms with E-state index in [1.807, 2.05) is 0 Å². The summed E-state index contributed by atoms with van der Waals surface area (Å²) in [7, 11) is 0. The van der Waals surface area contributed by atoms with Crippen LogP contribution in [0.3, 0.4) is 0 Å². The standard InChI is InChI=1S/C16H16F4N2O4/c17-11-3-1-9(2-4-11)12(6-14(24)25)21-15(26)10-5-13(23)22(7-10)8-16(18,19)20/h1-4,10,12H,5-8H2,(H,21,26)(H,24,25)/t10-,12+/m1/s1. The van der Waals surface area contributed by atoms with Gasteiger partial charge in [-0.15, -0.1) is 0 Å². The Morgan fingerprint density at radius 1 is 1.27 bits per heavy atom. The Bertz CT molecular complexity index is 690. The lowest BCUT2D eigenvalue weighted by atomic mass is 10.0. The Morgan fingerprint density at radius 2 is 1.88 bits per heavy atom. The van der Waals surface area contributed by atoms with Gasteiger partial charge in [0.2, 0.25) is 11.8 Å². The minimum atomic E-state index is -4.57. The van der Waals surface area contributed by atoms with Gasteiger partial charge in [-0.3, -0.25) is 14.4 Å². The molecule has 1 fully saturated rings. The largest absolute Gasteiger partial charge is 0.481 e. The number of carbonyl (C=O) groups is 3. The molecule has 2 rings (SSSR count). The second-order valence-corrected chi connectivity index (χ2v) is 6.00. The summed E-state index contributed by atoms with van der Waals surface area (Å²) in [6.45, 7) is -1.83. The molecule has 0 bridgehead atoms. The molecule has 1 aliphatic heterocycles. The summed E-state index contributed by atoms with van der Waals surface area (Å²) in [5, 5.41) is 11.4. The van der Waals surface area contributed by atoms with Crippen LogP contribution in [-0.2, 0) is 14.4 Å². The molecule has 2 amide bonds. The van der Waals surface area contributed by atoms with Gasteiger partial charge in [-0.05, 0) is 17.7 Å². The van der Waals surface area contributed by atoms with E-state index in [0.29, 0.717) is 10.5 Å². The fraction of sp³-hybridized carbons (Fsp3) is 0.438. The smallest absolute Gasteiger partial charge is 0.406 e. The topological polar surface area (TPSA) is 86.7 Å². The van der Waals surface area contributed by atoms with Gasteiger partial charge in [-0.1, -0.05) is 12.1 Å². The second kappa shape index (κ2) is 7.71. The maximum Gasteiger partial charge on any atom is 0.406 e. The summed E-state index contributed by atoms with van der Waals surface area (Å²) in [5.74, 6) is -4.29. The number of nitrogens with zero attached hydrogens (tertiary/aromatic N) is 1. The molecule has 10 heteroatoms. The van der Waals surface area contributed by atoms with E-state index in [1.165, 1.54) is 12.1 Å². The second-order valence-electron chi connectivity index (χ2n) is 6.00. The first-order valence-electron chi connectivity index (χ1n) is 7.67. The quantitative estimate of drug-likeness (QED) is 0.742. The number of alkyl halides is 3. The van der Waals surface area contributed by atoms with E-state index in [2.05, 4.69) is 5.32 Å². The minimum absolute atomic E-state index is 0.332. The van der Waals surface area contributed by atoms with Gasteiger partial charge in [-0.25, -0.2) is 4.39 Å². The van der Waals surface area contributed by atoms with E-state index in [1.54, 1.807) is 0 Å². The third-order valence-electron chi connectivity index (χ3n) is 3.92. The van der Waals surface area contributed by atoms with Gasteiger partial charge in [0, 0.05) is 13.0 Å². The molecule has 1 aliphatic rings. The summed E-state index contributed by atoms with van der Waals surface area (Å²) in [4.78, 5) is 35.5. The molecule has 6 nitrogen and oxygen atoms in total. The average molecular weight is 376 g/mol. The number of hydrogen-bond donors (Lipinski definition) is 2. The Morgan fingerprint density at radius 3 is 2.42 bits per heavy atom. The van der Waals surface area contributed by atoms with Crippen molar-refractivity contribution in [3.63, 3.8) is 0 Å². The molecule has 26 heavy (non-hydrogen) atoms. The van der Waals surface area contributed by atoms with Crippen molar-refractivity contribution < 1.29 is 37.1 Å². The van der Waals surface area contributed by atoms with Crippen LogP contribution in [0, 0.1) is 11.7 Å². The minimum Gasteiger partial charge on any atom is -0.481 e. The highest BCUT2D eigenvalue weighted by molar-refractivity contribution is 5.89. The number of rotatable bonds is 6. The number of amides is 2. The van der Waals surface area contributed by atoms with Gasteiger partial charge in [0.15, 0.2) is 0 Å². The summed E-state index contributed by atoms with van der Waals surface area (Å²) in [5.41, 5.74) is 0.332. The SMILES string of the molecule is O=C(O)C[C@H](NC(=O)[C@@H]1CC(=O)N(CC(F)(F)F)C1)c1ccc(F)cc1. The summed E-state index contributed by atoms with van der Waals surface area (Å²) < 4.78 is 50.3. The average Bonchev–Trinajstić information content (AvgIpc) is 2.86. The van der Waals surface area contributed by atoms with Crippen LogP contribution in [0.2, 0.25) is 0 Å². The number of benzene rings is 1. The zero-order valence-corrected chi connectivity index (χ0v) is 13.4. The number of carboxylic acids is 1. The van der Waals surface area contributed by atoms with Crippen molar-refractivity contribution in [3.05, 3.63) is 35.6 Å². The molecule has 142 valence electrons. The number of carboxylic acid groups (broad SMARTS) is 1. The highest BCUT2D eigenvalue weighted by atomic mass is 19.4. The van der Waals surface area contributed by atoms with Crippen molar-refractivity contribution in [1.82, 2.24) is 10.2 Å². The number of nitrogens with one attached hydrogen (secondary N) is 1. The third kappa shape index (κ3) is 5.43. The first-order valence-corrected chi connectivity index (χ1v) is 7.67. The lowest BCUT2D eigenvalue weighted by molar-refractivity contribution is -0.157. The van der Waals surface area contributed by atoms with Crippen LogP contribution in [-0.4, -0.2) is 47.1 Å². The molecule has 0 aromatic heterocycles. The fourth-order valence-electron chi connectivity index (χ4n) is 2.73. The molecular formula is C16H16F4N2O4. The van der Waals surface area contributed by atoms with Crippen molar-refractivity contribution >= 4 is 17.8 Å². The fourth-order valence-corrected chi connectivity index (χ4v) is 2.73. The van der Waals surface area contributed by atoms with Crippen molar-refractivity contribution in [3.8, 4) is 0 Å². The molecule has 1 aromatic rings. The molecule has 0 spiro atoms. The van der Waals surface area contributed by atoms with E-state index >= 15 is 0 Å². The molecular weight excluding hydrogens is 360 g/mol. The van der Waals surface area contributed by atoms with Crippen molar-refractivity contribution in [2.75, 3.05) is 13.1 Å². The van der Waals surface area contributed by atoms with E-state index in [9.17, 15) is 31.9 Å². The third-order valence-corrected chi connectivity index (χ3v) is 3.92. The van der Waals surface area contributed by atoms with Gasteiger partial charge in [0.05, 0.1) is 18.4 Å². The van der Waals surface area contributed by atoms with Gasteiger partial charge in [-0.2, -0.15) is 13.2 Å². The maximum atomic E-state index is 13.0. The lowest BCUT2D eigenvalue weighted by Crippen LogP contribution is -2.38. The first-order chi connectivity index (χ1) is 12.0. The Labute approximate surface area is 145 Å². The molecule has 0 aliphatic carbocycles. The number of halogens is 4. The zero-order chi connectivity index (χ0) is 19.5. The highest BCUT2D eigenvalue weighted by Crippen LogP contribution is 2.25. The summed E-state index contributed by atoms with van der Waals surface area (Å²) >= 11 is 0. The Balaban J connectivity index is 2.06. The van der Waals surface area contributed by atoms with Crippen LogP contribution in [0.15, 0.2) is 24.3 Å². The molecule has 0 saturated carbocycles. The highest BCUT2D eigenvalue weighted by Gasteiger charge is 2.41. The van der Waals surface area contributed by atoms with Gasteiger partial charge in [0.1, 0.15) is 12.4 Å². The van der Waals surface area contributed by atoms with E-state index in [0.717, 1.165) is 12.1 Å². The number of aliphatic carboxylic acids is 1. The van der Waals surface area contributed by atoms with Crippen LogP contribution >= 0.6 is 0 Å². The van der Waals surface area contributed by atoms with Crippen molar-refractivity contribution in [1.29, 1.82) is 0 Å². The van der Waals surface area contributed by atoms with Crippen LogP contribution in [0.1, 0.15) is 24.4 Å². The van der Waals surface area contributed by atoms with Crippen molar-refractivity contribution in [2.45, 2.75) is 25.1 Å². The molecule has 1 heterocycles. The molecule has 0 unspecified atom stereocenters. The molecule has 2 atom stereocenters. The zero-order valence-electron chi connectivity index (χ0n) is 13.4. The van der Waals surface area contributed by atoms with Crippen LogP contribution < -0.4 is 5.32 Å². The van der Waals surface area contributed by atoms with Crippen molar-refractivity contribution in [2.24, 2.45) is 5.92 Å². The molecule has 1 saturated heterocycles. The molecule has 1 aromatic carbocycles. The van der Waals surface area contributed by atoms with Gasteiger partial charge >= 0.3 is 12.1 Å². The van der Waals surface area contributed by atoms with E-state index in [-0.39, 0.29) is 6.42 Å². The van der Waals surface area contributed by atoms with Crippen LogP contribution in [0.25, 0.3) is 0 Å². The molecule has 2 N–H and O–H groups in total. The number of likely N-dealkylation sites (tertiary alicyclic amines) is 1. The van der Waals surface area contributed by atoms with E-state index < -0.39 is 61.2 Å². The number of carbonyl (C=O) groups excluding carboxylic acids is 2. The first kappa shape index (κ1) is 19.7. The van der Waals surface area contributed by atoms with E-state index in [4.69, 9.17) is 5.11 Å². The van der Waals surface area contributed by atoms with Gasteiger partial charge < -0.3 is 15.3 Å².